The van der Waals surface area contributed by atoms with E-state index in [1.54, 1.807) is 6.26 Å². The van der Waals surface area contributed by atoms with Gasteiger partial charge in [0.25, 0.3) is 0 Å². The maximum absolute atomic E-state index is 12.3. The molecule has 1 heterocycles. The number of benzene rings is 2. The molecule has 1 unspecified atom stereocenters. The first-order chi connectivity index (χ1) is 12.2. The molecule has 0 spiro atoms. The normalized spacial score (nSPS) is 11.9. The number of amides is 1. The standard InChI is InChI=1S/C21H22N2O2/c1-3-16-9-11-17(12-10-16)15(2)22-20(24)13-19-14-25-21(23-19)18-7-5-4-6-8-18/h4-12,14-15H,3,13H2,1-2H3,(H,22,24). The van der Waals surface area contributed by atoms with Crippen molar-refractivity contribution in [1.29, 1.82) is 0 Å². The van der Waals surface area contributed by atoms with E-state index in [9.17, 15) is 4.79 Å². The molecule has 1 N–H and O–H groups in total. The molecule has 4 heteroatoms. The molecule has 0 saturated heterocycles. The Balaban J connectivity index is 1.59. The summed E-state index contributed by atoms with van der Waals surface area (Å²) in [6.45, 7) is 4.11. The summed E-state index contributed by atoms with van der Waals surface area (Å²) in [4.78, 5) is 16.7. The summed E-state index contributed by atoms with van der Waals surface area (Å²) in [5.74, 6) is 0.464. The molecule has 3 aromatic rings. The van der Waals surface area contributed by atoms with Crippen molar-refractivity contribution in [2.45, 2.75) is 32.7 Å². The predicted molar refractivity (Wildman–Crippen MR) is 98.0 cm³/mol. The third-order valence-electron chi connectivity index (χ3n) is 4.18. The molecule has 0 bridgehead atoms. The van der Waals surface area contributed by atoms with Crippen molar-refractivity contribution in [3.05, 3.63) is 77.7 Å². The number of oxazole rings is 1. The van der Waals surface area contributed by atoms with Crippen LogP contribution in [0.1, 0.15) is 36.7 Å². The van der Waals surface area contributed by atoms with Gasteiger partial charge in [-0.25, -0.2) is 4.98 Å². The van der Waals surface area contributed by atoms with Crippen LogP contribution < -0.4 is 5.32 Å². The van der Waals surface area contributed by atoms with Crippen molar-refractivity contribution in [2.24, 2.45) is 0 Å². The molecule has 0 aliphatic carbocycles. The molecule has 0 aliphatic rings. The van der Waals surface area contributed by atoms with Crippen LogP contribution in [0.4, 0.5) is 0 Å². The zero-order valence-electron chi connectivity index (χ0n) is 14.5. The van der Waals surface area contributed by atoms with E-state index < -0.39 is 0 Å². The molecule has 1 atom stereocenters. The van der Waals surface area contributed by atoms with Crippen molar-refractivity contribution in [1.82, 2.24) is 10.3 Å². The van der Waals surface area contributed by atoms with Crippen LogP contribution in [0.25, 0.3) is 11.5 Å². The van der Waals surface area contributed by atoms with Crippen LogP contribution in [-0.2, 0) is 17.6 Å². The van der Waals surface area contributed by atoms with E-state index in [4.69, 9.17) is 4.42 Å². The van der Waals surface area contributed by atoms with Crippen molar-refractivity contribution >= 4 is 5.91 Å². The predicted octanol–water partition coefficient (Wildman–Crippen LogP) is 4.32. The first-order valence-electron chi connectivity index (χ1n) is 8.53. The largest absolute Gasteiger partial charge is 0.444 e. The van der Waals surface area contributed by atoms with Gasteiger partial charge in [-0.05, 0) is 36.6 Å². The first-order valence-corrected chi connectivity index (χ1v) is 8.53. The smallest absolute Gasteiger partial charge is 0.226 e. The van der Waals surface area contributed by atoms with E-state index in [0.29, 0.717) is 11.6 Å². The van der Waals surface area contributed by atoms with Crippen LogP contribution in [0.15, 0.2) is 65.3 Å². The summed E-state index contributed by atoms with van der Waals surface area (Å²) in [6, 6.07) is 17.9. The molecule has 1 aromatic heterocycles. The number of rotatable bonds is 6. The number of hydrogen-bond acceptors (Lipinski definition) is 3. The third-order valence-corrected chi connectivity index (χ3v) is 4.18. The second-order valence-electron chi connectivity index (χ2n) is 6.07. The third kappa shape index (κ3) is 4.35. The Morgan fingerprint density at radius 2 is 1.84 bits per heavy atom. The fourth-order valence-corrected chi connectivity index (χ4v) is 2.68. The Morgan fingerprint density at radius 1 is 1.12 bits per heavy atom. The van der Waals surface area contributed by atoms with Gasteiger partial charge in [0.15, 0.2) is 0 Å². The zero-order chi connectivity index (χ0) is 17.6. The van der Waals surface area contributed by atoms with Crippen LogP contribution in [0.2, 0.25) is 0 Å². The van der Waals surface area contributed by atoms with Crippen LogP contribution in [0.5, 0.6) is 0 Å². The SMILES string of the molecule is CCc1ccc(C(C)NC(=O)Cc2coc(-c3ccccc3)n2)cc1. The molecule has 2 aromatic carbocycles. The van der Waals surface area contributed by atoms with Gasteiger partial charge in [-0.2, -0.15) is 0 Å². The van der Waals surface area contributed by atoms with Gasteiger partial charge in [-0.15, -0.1) is 0 Å². The van der Waals surface area contributed by atoms with E-state index in [1.807, 2.05) is 37.3 Å². The van der Waals surface area contributed by atoms with E-state index in [1.165, 1.54) is 5.56 Å². The maximum atomic E-state index is 12.3. The molecule has 0 fully saturated rings. The highest BCUT2D eigenvalue weighted by molar-refractivity contribution is 5.78. The number of carbonyl (C=O) groups excluding carboxylic acids is 1. The van der Waals surface area contributed by atoms with Gasteiger partial charge in [0.2, 0.25) is 11.8 Å². The Kier molecular flexibility index (Phi) is 5.29. The zero-order valence-corrected chi connectivity index (χ0v) is 14.5. The van der Waals surface area contributed by atoms with E-state index in [2.05, 4.69) is 41.5 Å². The van der Waals surface area contributed by atoms with Gasteiger partial charge in [-0.3, -0.25) is 4.79 Å². The number of carbonyl (C=O) groups is 1. The van der Waals surface area contributed by atoms with Gasteiger partial charge in [0, 0.05) is 5.56 Å². The lowest BCUT2D eigenvalue weighted by atomic mass is 10.0. The van der Waals surface area contributed by atoms with Gasteiger partial charge in [-0.1, -0.05) is 49.4 Å². The van der Waals surface area contributed by atoms with Crippen LogP contribution in [0.3, 0.4) is 0 Å². The van der Waals surface area contributed by atoms with Crippen LogP contribution in [0, 0.1) is 0 Å². The highest BCUT2D eigenvalue weighted by Gasteiger charge is 2.13. The Labute approximate surface area is 147 Å². The van der Waals surface area contributed by atoms with E-state index >= 15 is 0 Å². The molecule has 4 nitrogen and oxygen atoms in total. The van der Waals surface area contributed by atoms with Gasteiger partial charge in [0.05, 0.1) is 18.2 Å². The summed E-state index contributed by atoms with van der Waals surface area (Å²) in [5, 5.41) is 3.01. The van der Waals surface area contributed by atoms with Crippen molar-refractivity contribution in [3.8, 4) is 11.5 Å². The molecule has 0 aliphatic heterocycles. The summed E-state index contributed by atoms with van der Waals surface area (Å²) in [6.07, 6.45) is 2.76. The topological polar surface area (TPSA) is 55.1 Å². The summed E-state index contributed by atoms with van der Waals surface area (Å²) in [7, 11) is 0. The van der Waals surface area contributed by atoms with Crippen molar-refractivity contribution in [2.75, 3.05) is 0 Å². The minimum Gasteiger partial charge on any atom is -0.444 e. The van der Waals surface area contributed by atoms with Crippen LogP contribution >= 0.6 is 0 Å². The molecular formula is C21H22N2O2. The molecule has 128 valence electrons. The highest BCUT2D eigenvalue weighted by Crippen LogP contribution is 2.18. The molecule has 25 heavy (non-hydrogen) atoms. The maximum Gasteiger partial charge on any atom is 0.226 e. The number of aryl methyl sites for hydroxylation is 1. The Morgan fingerprint density at radius 3 is 2.52 bits per heavy atom. The summed E-state index contributed by atoms with van der Waals surface area (Å²) < 4.78 is 5.48. The van der Waals surface area contributed by atoms with Gasteiger partial charge < -0.3 is 9.73 Å². The Bertz CT molecular complexity index is 823. The second kappa shape index (κ2) is 7.79. The summed E-state index contributed by atoms with van der Waals surface area (Å²) in [5.41, 5.74) is 3.91. The number of nitrogens with zero attached hydrogens (tertiary/aromatic N) is 1. The van der Waals surface area contributed by atoms with E-state index in [-0.39, 0.29) is 18.4 Å². The average molecular weight is 334 g/mol. The molecule has 0 radical (unpaired) electrons. The fourth-order valence-electron chi connectivity index (χ4n) is 2.68. The molecule has 1 amide bonds. The molecule has 0 saturated carbocycles. The van der Waals surface area contributed by atoms with Crippen molar-refractivity contribution < 1.29 is 9.21 Å². The number of aromatic nitrogens is 1. The Hall–Kier alpha value is -2.88. The average Bonchev–Trinajstić information content (AvgIpc) is 3.10. The lowest BCUT2D eigenvalue weighted by molar-refractivity contribution is -0.121. The quantitative estimate of drug-likeness (QED) is 0.730. The fraction of sp³-hybridized carbons (Fsp3) is 0.238. The van der Waals surface area contributed by atoms with Gasteiger partial charge >= 0.3 is 0 Å². The summed E-state index contributed by atoms with van der Waals surface area (Å²) >= 11 is 0. The van der Waals surface area contributed by atoms with Crippen LogP contribution in [-0.4, -0.2) is 10.9 Å². The number of nitrogens with one attached hydrogen (secondary N) is 1. The first kappa shape index (κ1) is 17.0. The van der Waals surface area contributed by atoms with Gasteiger partial charge in [0.1, 0.15) is 6.26 Å². The lowest BCUT2D eigenvalue weighted by Gasteiger charge is -2.14. The molecule has 3 rings (SSSR count). The molecular weight excluding hydrogens is 312 g/mol. The second-order valence-corrected chi connectivity index (χ2v) is 6.07. The highest BCUT2D eigenvalue weighted by atomic mass is 16.3. The lowest BCUT2D eigenvalue weighted by Crippen LogP contribution is -2.28. The van der Waals surface area contributed by atoms with Crippen molar-refractivity contribution in [3.63, 3.8) is 0 Å². The van der Waals surface area contributed by atoms with E-state index in [0.717, 1.165) is 17.5 Å². The minimum absolute atomic E-state index is 0.0427. The monoisotopic (exact) mass is 334 g/mol. The minimum atomic E-state index is -0.0695. The number of hydrogen-bond donors (Lipinski definition) is 1.